The van der Waals surface area contributed by atoms with Crippen molar-refractivity contribution in [3.8, 4) is 0 Å². The minimum Gasteiger partial charge on any atom is -0.378 e. The van der Waals surface area contributed by atoms with Gasteiger partial charge in [0, 0.05) is 44.3 Å². The Morgan fingerprint density at radius 2 is 2.04 bits per heavy atom. The number of nitro groups is 1. The predicted molar refractivity (Wildman–Crippen MR) is 110 cm³/mol. The second-order valence-electron chi connectivity index (χ2n) is 7.01. The summed E-state index contributed by atoms with van der Waals surface area (Å²) in [4.78, 5) is 17.8. The second kappa shape index (κ2) is 10.7. The van der Waals surface area contributed by atoms with Crippen LogP contribution in [-0.2, 0) is 0 Å². The lowest BCUT2D eigenvalue weighted by Crippen LogP contribution is -2.50. The van der Waals surface area contributed by atoms with Crippen LogP contribution in [0.1, 0.15) is 33.6 Å². The van der Waals surface area contributed by atoms with Crippen molar-refractivity contribution in [3.05, 3.63) is 34.4 Å². The fourth-order valence-electron chi connectivity index (χ4n) is 3.21. The molecule has 0 aromatic heterocycles. The maximum Gasteiger partial charge on any atom is 0.292 e. The average Bonchev–Trinajstić information content (AvgIpc) is 2.66. The molecule has 3 N–H and O–H groups in total. The summed E-state index contributed by atoms with van der Waals surface area (Å²) < 4.78 is 0. The molecule has 1 aromatic carbocycles. The van der Waals surface area contributed by atoms with E-state index in [9.17, 15) is 10.1 Å². The van der Waals surface area contributed by atoms with Gasteiger partial charge in [0.05, 0.1) is 11.5 Å². The summed E-state index contributed by atoms with van der Waals surface area (Å²) in [6.45, 7) is 10.6. The van der Waals surface area contributed by atoms with E-state index in [0.717, 1.165) is 38.4 Å². The lowest BCUT2D eigenvalue weighted by atomic mass is 10.0. The van der Waals surface area contributed by atoms with E-state index in [1.165, 1.54) is 6.07 Å². The van der Waals surface area contributed by atoms with Gasteiger partial charge in [-0.2, -0.15) is 0 Å². The largest absolute Gasteiger partial charge is 0.378 e. The van der Waals surface area contributed by atoms with Crippen molar-refractivity contribution in [2.24, 2.45) is 4.99 Å². The van der Waals surface area contributed by atoms with Crippen LogP contribution in [-0.4, -0.2) is 60.6 Å². The summed E-state index contributed by atoms with van der Waals surface area (Å²) >= 11 is 0. The van der Waals surface area contributed by atoms with E-state index >= 15 is 0 Å². The van der Waals surface area contributed by atoms with E-state index in [0.29, 0.717) is 30.9 Å². The quantitative estimate of drug-likeness (QED) is 0.212. The van der Waals surface area contributed by atoms with Crippen molar-refractivity contribution >= 4 is 17.3 Å². The number of piperidine rings is 1. The summed E-state index contributed by atoms with van der Waals surface area (Å²) in [6, 6.07) is 7.70. The van der Waals surface area contributed by atoms with Gasteiger partial charge < -0.3 is 20.9 Å². The number of hydrogen-bond donors (Lipinski definition) is 3. The van der Waals surface area contributed by atoms with Gasteiger partial charge in [0.1, 0.15) is 5.69 Å². The second-order valence-corrected chi connectivity index (χ2v) is 7.01. The topological polar surface area (TPSA) is 94.8 Å². The van der Waals surface area contributed by atoms with Crippen molar-refractivity contribution in [1.29, 1.82) is 0 Å². The van der Waals surface area contributed by atoms with Crippen molar-refractivity contribution in [3.63, 3.8) is 0 Å². The van der Waals surface area contributed by atoms with Crippen molar-refractivity contribution in [2.45, 2.75) is 45.7 Å². The molecule has 27 heavy (non-hydrogen) atoms. The Morgan fingerprint density at radius 3 is 2.67 bits per heavy atom. The van der Waals surface area contributed by atoms with E-state index in [1.54, 1.807) is 18.2 Å². The number of rotatable bonds is 8. The number of para-hydroxylation sites is 2. The van der Waals surface area contributed by atoms with Gasteiger partial charge >= 0.3 is 0 Å². The summed E-state index contributed by atoms with van der Waals surface area (Å²) in [7, 11) is 0. The van der Waals surface area contributed by atoms with Crippen LogP contribution in [0.5, 0.6) is 0 Å². The van der Waals surface area contributed by atoms with Crippen LogP contribution in [0.4, 0.5) is 11.4 Å². The SMILES string of the molecule is CCNC(=NCCNc1ccccc1[N+](=O)[O-])NC1CCN(C(C)C)CC1. The molecule has 1 saturated heterocycles. The van der Waals surface area contributed by atoms with E-state index in [2.05, 4.69) is 39.7 Å². The molecule has 1 heterocycles. The van der Waals surface area contributed by atoms with Gasteiger partial charge in [-0.15, -0.1) is 0 Å². The highest BCUT2D eigenvalue weighted by Crippen LogP contribution is 2.22. The minimum absolute atomic E-state index is 0.0865. The normalized spacial score (nSPS) is 16.4. The highest BCUT2D eigenvalue weighted by atomic mass is 16.6. The van der Waals surface area contributed by atoms with Crippen molar-refractivity contribution in [1.82, 2.24) is 15.5 Å². The summed E-state index contributed by atoms with van der Waals surface area (Å²) in [6.07, 6.45) is 2.22. The van der Waals surface area contributed by atoms with Gasteiger partial charge in [-0.25, -0.2) is 0 Å². The molecule has 0 aliphatic carbocycles. The Kier molecular flexibility index (Phi) is 8.32. The fourth-order valence-corrected chi connectivity index (χ4v) is 3.21. The predicted octanol–water partition coefficient (Wildman–Crippen LogP) is 2.43. The molecular weight excluding hydrogens is 344 g/mol. The first-order chi connectivity index (χ1) is 13.0. The molecule has 0 unspecified atom stereocenters. The molecule has 0 amide bonds. The molecule has 0 bridgehead atoms. The molecule has 0 spiro atoms. The number of nitrogens with one attached hydrogen (secondary N) is 3. The molecule has 8 nitrogen and oxygen atoms in total. The Balaban J connectivity index is 1.83. The molecular formula is C19H32N6O2. The fraction of sp³-hybridized carbons (Fsp3) is 0.632. The lowest BCUT2D eigenvalue weighted by molar-refractivity contribution is -0.384. The summed E-state index contributed by atoms with van der Waals surface area (Å²) in [5.74, 6) is 0.810. The van der Waals surface area contributed by atoms with Crippen molar-refractivity contribution < 1.29 is 4.92 Å². The van der Waals surface area contributed by atoms with Crippen LogP contribution < -0.4 is 16.0 Å². The molecule has 150 valence electrons. The van der Waals surface area contributed by atoms with Gasteiger partial charge in [-0.1, -0.05) is 12.1 Å². The van der Waals surface area contributed by atoms with Gasteiger partial charge in [0.15, 0.2) is 5.96 Å². The van der Waals surface area contributed by atoms with E-state index in [1.807, 2.05) is 6.92 Å². The third-order valence-electron chi connectivity index (χ3n) is 4.74. The Hall–Kier alpha value is -2.35. The summed E-state index contributed by atoms with van der Waals surface area (Å²) in [5.41, 5.74) is 0.611. The molecule has 0 saturated carbocycles. The first-order valence-corrected chi connectivity index (χ1v) is 9.77. The zero-order valence-corrected chi connectivity index (χ0v) is 16.6. The van der Waals surface area contributed by atoms with Crippen LogP contribution >= 0.6 is 0 Å². The smallest absolute Gasteiger partial charge is 0.292 e. The number of nitro benzene ring substituents is 1. The molecule has 1 aliphatic heterocycles. The molecule has 0 radical (unpaired) electrons. The molecule has 2 rings (SSSR count). The van der Waals surface area contributed by atoms with Crippen LogP contribution in [0.25, 0.3) is 0 Å². The first-order valence-electron chi connectivity index (χ1n) is 9.77. The number of benzene rings is 1. The Bertz CT molecular complexity index is 626. The Labute approximate surface area is 161 Å². The van der Waals surface area contributed by atoms with E-state index < -0.39 is 0 Å². The number of guanidine groups is 1. The molecule has 1 aromatic rings. The lowest BCUT2D eigenvalue weighted by Gasteiger charge is -2.35. The monoisotopic (exact) mass is 376 g/mol. The summed E-state index contributed by atoms with van der Waals surface area (Å²) in [5, 5.41) is 21.0. The zero-order chi connectivity index (χ0) is 19.6. The highest BCUT2D eigenvalue weighted by Gasteiger charge is 2.21. The van der Waals surface area contributed by atoms with Crippen molar-refractivity contribution in [2.75, 3.05) is 38.0 Å². The molecule has 1 aliphatic rings. The zero-order valence-electron chi connectivity index (χ0n) is 16.6. The number of anilines is 1. The number of likely N-dealkylation sites (tertiary alicyclic amines) is 1. The van der Waals surface area contributed by atoms with Gasteiger partial charge in [-0.05, 0) is 39.7 Å². The Morgan fingerprint density at radius 1 is 1.33 bits per heavy atom. The molecule has 1 fully saturated rings. The molecule has 8 heteroatoms. The van der Waals surface area contributed by atoms with Crippen LogP contribution in [0.15, 0.2) is 29.3 Å². The standard InChI is InChI=1S/C19H32N6O2/c1-4-20-19(23-16-9-13-24(14-10-16)15(2)3)22-12-11-21-17-7-5-6-8-18(17)25(26)27/h5-8,15-16,21H,4,9-14H2,1-3H3,(H2,20,22,23). The van der Waals surface area contributed by atoms with Gasteiger partial charge in [-0.3, -0.25) is 15.1 Å². The van der Waals surface area contributed by atoms with E-state index in [4.69, 9.17) is 0 Å². The maximum atomic E-state index is 11.0. The maximum absolute atomic E-state index is 11.0. The van der Waals surface area contributed by atoms with Crippen LogP contribution in [0.3, 0.4) is 0 Å². The number of aliphatic imine (C=N–C) groups is 1. The van der Waals surface area contributed by atoms with Crippen LogP contribution in [0, 0.1) is 10.1 Å². The first kappa shape index (κ1) is 21.0. The number of nitrogens with zero attached hydrogens (tertiary/aromatic N) is 3. The van der Waals surface area contributed by atoms with Gasteiger partial charge in [0.2, 0.25) is 0 Å². The van der Waals surface area contributed by atoms with Gasteiger partial charge in [0.25, 0.3) is 5.69 Å². The molecule has 0 atom stereocenters. The highest BCUT2D eigenvalue weighted by molar-refractivity contribution is 5.80. The average molecular weight is 377 g/mol. The minimum atomic E-state index is -0.374. The third-order valence-corrected chi connectivity index (χ3v) is 4.74. The number of hydrogen-bond acceptors (Lipinski definition) is 5. The van der Waals surface area contributed by atoms with E-state index in [-0.39, 0.29) is 10.6 Å². The third kappa shape index (κ3) is 6.71. The van der Waals surface area contributed by atoms with Crippen LogP contribution in [0.2, 0.25) is 0 Å².